The van der Waals surface area contributed by atoms with Gasteiger partial charge in [0.15, 0.2) is 5.16 Å². The van der Waals surface area contributed by atoms with Crippen molar-refractivity contribution in [2.75, 3.05) is 5.75 Å². The molecule has 1 heterocycles. The van der Waals surface area contributed by atoms with Crippen LogP contribution in [0, 0.1) is 12.3 Å². The van der Waals surface area contributed by atoms with Crippen molar-refractivity contribution in [1.29, 1.82) is 0 Å². The first kappa shape index (κ1) is 14.9. The molecule has 4 heteroatoms. The Morgan fingerprint density at radius 2 is 2.14 bits per heavy atom. The fraction of sp³-hybridized carbons (Fsp3) is 0.333. The average molecular weight is 310 g/mol. The van der Waals surface area contributed by atoms with E-state index in [9.17, 15) is 4.79 Å². The summed E-state index contributed by atoms with van der Waals surface area (Å²) in [5.41, 5.74) is 3.74. The minimum Gasteiger partial charge on any atom is -0.290 e. The number of hydrogen-bond donors (Lipinski definition) is 0. The summed E-state index contributed by atoms with van der Waals surface area (Å²) in [7, 11) is 1.77. The fourth-order valence-electron chi connectivity index (χ4n) is 3.09. The molecule has 0 fully saturated rings. The van der Waals surface area contributed by atoms with Crippen molar-refractivity contribution >= 4 is 11.8 Å². The summed E-state index contributed by atoms with van der Waals surface area (Å²) in [4.78, 5) is 17.7. The zero-order valence-corrected chi connectivity index (χ0v) is 13.8. The van der Waals surface area contributed by atoms with Crippen molar-refractivity contribution in [2.24, 2.45) is 7.05 Å². The van der Waals surface area contributed by atoms with E-state index in [4.69, 9.17) is 11.4 Å². The van der Waals surface area contributed by atoms with Gasteiger partial charge in [0.1, 0.15) is 0 Å². The van der Waals surface area contributed by atoms with Crippen molar-refractivity contribution in [3.63, 3.8) is 0 Å². The van der Waals surface area contributed by atoms with Crippen molar-refractivity contribution in [3.05, 3.63) is 45.7 Å². The Balaban J connectivity index is 2.32. The molecule has 1 aromatic heterocycles. The van der Waals surface area contributed by atoms with Crippen molar-refractivity contribution in [1.82, 2.24) is 9.55 Å². The van der Waals surface area contributed by atoms with E-state index in [-0.39, 0.29) is 11.0 Å². The quantitative estimate of drug-likeness (QED) is 0.486. The fourth-order valence-corrected chi connectivity index (χ4v) is 3.74. The molecular formula is C18H18N2OS. The van der Waals surface area contributed by atoms with Crippen molar-refractivity contribution in [3.8, 4) is 23.6 Å². The SMILES string of the molecule is C#CCSc1nc2c(c(=O)n1C)C(C)(C)Cc1ccccc1-2. The Labute approximate surface area is 134 Å². The second-order valence-corrected chi connectivity index (χ2v) is 7.14. The lowest BCUT2D eigenvalue weighted by Gasteiger charge is -2.33. The normalized spacial score (nSPS) is 14.8. The number of benzene rings is 1. The molecule has 0 spiro atoms. The number of aromatic nitrogens is 2. The van der Waals surface area contributed by atoms with E-state index in [2.05, 4.69) is 25.8 Å². The number of fused-ring (bicyclic) bond motifs is 3. The first-order chi connectivity index (χ1) is 10.5. The molecular weight excluding hydrogens is 292 g/mol. The number of hydrogen-bond acceptors (Lipinski definition) is 3. The molecule has 0 amide bonds. The maximum Gasteiger partial charge on any atom is 0.258 e. The summed E-state index contributed by atoms with van der Waals surface area (Å²) in [5, 5.41) is 0.675. The summed E-state index contributed by atoms with van der Waals surface area (Å²) in [6, 6.07) is 8.20. The van der Waals surface area contributed by atoms with Gasteiger partial charge in [-0.25, -0.2) is 4.98 Å². The molecule has 0 radical (unpaired) electrons. The van der Waals surface area contributed by atoms with E-state index >= 15 is 0 Å². The molecule has 3 nitrogen and oxygen atoms in total. The monoisotopic (exact) mass is 310 g/mol. The van der Waals surface area contributed by atoms with Gasteiger partial charge in [-0.05, 0) is 12.0 Å². The van der Waals surface area contributed by atoms with Gasteiger partial charge in [0.2, 0.25) is 0 Å². The molecule has 22 heavy (non-hydrogen) atoms. The van der Waals surface area contributed by atoms with Crippen LogP contribution >= 0.6 is 11.8 Å². The summed E-state index contributed by atoms with van der Waals surface area (Å²) < 4.78 is 1.62. The number of thioether (sulfide) groups is 1. The van der Waals surface area contributed by atoms with Crippen LogP contribution in [-0.2, 0) is 18.9 Å². The van der Waals surface area contributed by atoms with Gasteiger partial charge in [-0.1, -0.05) is 55.8 Å². The van der Waals surface area contributed by atoms with Crippen LogP contribution in [0.25, 0.3) is 11.3 Å². The molecule has 2 aromatic rings. The molecule has 1 aromatic carbocycles. The molecule has 112 valence electrons. The standard InChI is InChI=1S/C18H18N2OS/c1-5-10-22-17-19-15-13-9-7-6-8-12(13)11-18(2,3)14(15)16(21)20(17)4/h1,6-9H,10-11H2,2-4H3. The predicted molar refractivity (Wildman–Crippen MR) is 91.2 cm³/mol. The van der Waals surface area contributed by atoms with Gasteiger partial charge in [-0.15, -0.1) is 6.42 Å². The Bertz CT molecular complexity index is 843. The van der Waals surface area contributed by atoms with Crippen LogP contribution in [0.2, 0.25) is 0 Å². The Morgan fingerprint density at radius 3 is 2.86 bits per heavy atom. The van der Waals surface area contributed by atoms with Gasteiger partial charge in [0.25, 0.3) is 5.56 Å². The lowest BCUT2D eigenvalue weighted by Crippen LogP contribution is -2.37. The molecule has 1 aliphatic rings. The third-order valence-electron chi connectivity index (χ3n) is 4.12. The van der Waals surface area contributed by atoms with E-state index in [1.807, 2.05) is 18.2 Å². The minimum atomic E-state index is -0.221. The second-order valence-electron chi connectivity index (χ2n) is 6.19. The summed E-state index contributed by atoms with van der Waals surface area (Å²) in [5.74, 6) is 3.09. The van der Waals surface area contributed by atoms with Crippen LogP contribution in [0.15, 0.2) is 34.2 Å². The van der Waals surface area contributed by atoms with Gasteiger partial charge in [-0.3, -0.25) is 9.36 Å². The van der Waals surface area contributed by atoms with Gasteiger partial charge in [0, 0.05) is 23.6 Å². The maximum absolute atomic E-state index is 12.9. The van der Waals surface area contributed by atoms with Crippen LogP contribution in [0.1, 0.15) is 25.0 Å². The summed E-state index contributed by atoms with van der Waals surface area (Å²) in [6.45, 7) is 4.22. The molecule has 0 unspecified atom stereocenters. The van der Waals surface area contributed by atoms with Crippen molar-refractivity contribution < 1.29 is 0 Å². The van der Waals surface area contributed by atoms with Gasteiger partial charge < -0.3 is 0 Å². The summed E-state index contributed by atoms with van der Waals surface area (Å²) in [6.07, 6.45) is 6.19. The first-order valence-electron chi connectivity index (χ1n) is 7.22. The van der Waals surface area contributed by atoms with E-state index in [0.717, 1.165) is 23.2 Å². The van der Waals surface area contributed by atoms with Crippen LogP contribution in [-0.4, -0.2) is 15.3 Å². The maximum atomic E-state index is 12.9. The van der Waals surface area contributed by atoms with E-state index in [0.29, 0.717) is 10.9 Å². The molecule has 0 aliphatic heterocycles. The number of rotatable bonds is 2. The number of nitrogens with zero attached hydrogens (tertiary/aromatic N) is 2. The van der Waals surface area contributed by atoms with E-state index < -0.39 is 0 Å². The minimum absolute atomic E-state index is 0.0315. The zero-order chi connectivity index (χ0) is 15.9. The summed E-state index contributed by atoms with van der Waals surface area (Å²) >= 11 is 1.42. The largest absolute Gasteiger partial charge is 0.290 e. The third-order valence-corrected chi connectivity index (χ3v) is 5.05. The Kier molecular flexibility index (Phi) is 3.62. The molecule has 0 N–H and O–H groups in total. The van der Waals surface area contributed by atoms with Gasteiger partial charge in [-0.2, -0.15) is 0 Å². The highest BCUT2D eigenvalue weighted by molar-refractivity contribution is 7.99. The smallest absolute Gasteiger partial charge is 0.258 e. The Morgan fingerprint density at radius 1 is 1.41 bits per heavy atom. The highest BCUT2D eigenvalue weighted by Gasteiger charge is 2.35. The highest BCUT2D eigenvalue weighted by Crippen LogP contribution is 2.40. The molecule has 0 saturated heterocycles. The lowest BCUT2D eigenvalue weighted by atomic mass is 9.72. The molecule has 0 saturated carbocycles. The van der Waals surface area contributed by atoms with Gasteiger partial charge in [0.05, 0.1) is 11.4 Å². The first-order valence-corrected chi connectivity index (χ1v) is 8.20. The van der Waals surface area contributed by atoms with E-state index in [1.165, 1.54) is 17.3 Å². The molecule has 0 atom stereocenters. The van der Waals surface area contributed by atoms with Crippen molar-refractivity contribution in [2.45, 2.75) is 30.8 Å². The molecule has 3 rings (SSSR count). The topological polar surface area (TPSA) is 34.9 Å². The predicted octanol–water partition coefficient (Wildman–Crippen LogP) is 3.01. The zero-order valence-electron chi connectivity index (χ0n) is 13.0. The Hall–Kier alpha value is -1.99. The van der Waals surface area contributed by atoms with Crippen LogP contribution in [0.4, 0.5) is 0 Å². The van der Waals surface area contributed by atoms with E-state index in [1.54, 1.807) is 11.6 Å². The second kappa shape index (κ2) is 5.33. The van der Waals surface area contributed by atoms with Gasteiger partial charge >= 0.3 is 0 Å². The highest BCUT2D eigenvalue weighted by atomic mass is 32.2. The average Bonchev–Trinajstić information content (AvgIpc) is 2.48. The third kappa shape index (κ3) is 2.26. The van der Waals surface area contributed by atoms with Crippen LogP contribution in [0.5, 0.6) is 0 Å². The lowest BCUT2D eigenvalue weighted by molar-refractivity contribution is 0.494. The van der Waals surface area contributed by atoms with Crippen LogP contribution < -0.4 is 5.56 Å². The number of terminal acetylenes is 1. The molecule has 1 aliphatic carbocycles. The molecule has 0 bridgehead atoms. The van der Waals surface area contributed by atoms with Crippen LogP contribution in [0.3, 0.4) is 0 Å².